The van der Waals surface area contributed by atoms with Crippen molar-refractivity contribution < 1.29 is 12.8 Å². The van der Waals surface area contributed by atoms with Gasteiger partial charge in [0.25, 0.3) is 0 Å². The van der Waals surface area contributed by atoms with Gasteiger partial charge in [0.2, 0.25) is 10.0 Å². The van der Waals surface area contributed by atoms with Crippen molar-refractivity contribution in [2.45, 2.75) is 37.6 Å². The summed E-state index contributed by atoms with van der Waals surface area (Å²) in [5.74, 6) is -0.658. The molecule has 1 rings (SSSR count). The molecule has 0 bridgehead atoms. The van der Waals surface area contributed by atoms with Crippen LogP contribution in [0, 0.1) is 5.82 Å². The number of halogens is 1. The van der Waals surface area contributed by atoms with E-state index in [0.29, 0.717) is 12.6 Å². The van der Waals surface area contributed by atoms with Crippen molar-refractivity contribution in [2.24, 2.45) is 0 Å². The van der Waals surface area contributed by atoms with E-state index in [2.05, 4.69) is 23.5 Å². The van der Waals surface area contributed by atoms with E-state index >= 15 is 0 Å². The first-order chi connectivity index (χ1) is 9.72. The van der Waals surface area contributed by atoms with E-state index in [-0.39, 0.29) is 10.6 Å². The number of benzene rings is 1. The number of nitrogens with one attached hydrogen (secondary N) is 1. The molecule has 0 aliphatic heterocycles. The molecule has 7 heteroatoms. The van der Waals surface area contributed by atoms with E-state index in [1.807, 2.05) is 7.05 Å². The van der Waals surface area contributed by atoms with E-state index < -0.39 is 15.8 Å². The number of unbranched alkanes of at least 4 members (excludes halogenated alkanes) is 1. The van der Waals surface area contributed by atoms with Crippen molar-refractivity contribution in [2.75, 3.05) is 25.9 Å². The Morgan fingerprint density at radius 2 is 1.95 bits per heavy atom. The van der Waals surface area contributed by atoms with Gasteiger partial charge in [-0.2, -0.15) is 0 Å². The average molecular weight is 317 g/mol. The normalized spacial score (nSPS) is 12.3. The van der Waals surface area contributed by atoms with Gasteiger partial charge in [-0.3, -0.25) is 0 Å². The highest BCUT2D eigenvalue weighted by molar-refractivity contribution is 7.89. The summed E-state index contributed by atoms with van der Waals surface area (Å²) in [7, 11) is -1.67. The van der Waals surface area contributed by atoms with Crippen molar-refractivity contribution in [1.29, 1.82) is 0 Å². The Labute approximate surface area is 126 Å². The highest BCUT2D eigenvalue weighted by Crippen LogP contribution is 2.15. The van der Waals surface area contributed by atoms with Gasteiger partial charge >= 0.3 is 0 Å². The highest BCUT2D eigenvalue weighted by atomic mass is 32.2. The van der Waals surface area contributed by atoms with Crippen molar-refractivity contribution in [3.8, 4) is 0 Å². The minimum Gasteiger partial charge on any atom is -0.399 e. The van der Waals surface area contributed by atoms with Gasteiger partial charge in [-0.1, -0.05) is 0 Å². The number of anilines is 1. The monoisotopic (exact) mass is 317 g/mol. The minimum absolute atomic E-state index is 0.0916. The highest BCUT2D eigenvalue weighted by Gasteiger charge is 2.15. The number of sulfonamides is 1. The molecule has 0 saturated carbocycles. The Bertz CT molecular complexity index is 541. The van der Waals surface area contributed by atoms with Crippen LogP contribution < -0.4 is 10.5 Å². The molecule has 1 aromatic carbocycles. The lowest BCUT2D eigenvalue weighted by molar-refractivity contribution is 0.268. The van der Waals surface area contributed by atoms with Gasteiger partial charge < -0.3 is 10.6 Å². The number of rotatable bonds is 8. The molecular weight excluding hydrogens is 293 g/mol. The molecule has 1 aromatic rings. The Morgan fingerprint density at radius 1 is 1.29 bits per heavy atom. The van der Waals surface area contributed by atoms with Crippen LogP contribution in [0.25, 0.3) is 0 Å². The van der Waals surface area contributed by atoms with Crippen LogP contribution in [0.2, 0.25) is 0 Å². The van der Waals surface area contributed by atoms with Gasteiger partial charge in [-0.25, -0.2) is 17.5 Å². The number of nitrogens with two attached hydrogens (primary N) is 1. The maximum absolute atomic E-state index is 13.2. The summed E-state index contributed by atoms with van der Waals surface area (Å²) in [5, 5.41) is 0. The molecule has 21 heavy (non-hydrogen) atoms. The van der Waals surface area contributed by atoms with Crippen molar-refractivity contribution >= 4 is 15.7 Å². The summed E-state index contributed by atoms with van der Waals surface area (Å²) in [6, 6.07) is 3.77. The van der Waals surface area contributed by atoms with Crippen molar-refractivity contribution in [1.82, 2.24) is 9.62 Å². The standard InChI is InChI=1S/C14H24FN3O2S/c1-11(2)18(3)7-5-4-6-17-21(19,20)14-9-12(15)8-13(16)10-14/h8-11,17H,4-7,16H2,1-3H3. The first-order valence-electron chi connectivity index (χ1n) is 6.98. The zero-order valence-corrected chi connectivity index (χ0v) is 13.6. The first kappa shape index (κ1) is 17.9. The lowest BCUT2D eigenvalue weighted by Crippen LogP contribution is -2.29. The van der Waals surface area contributed by atoms with E-state index in [4.69, 9.17) is 5.73 Å². The lowest BCUT2D eigenvalue weighted by atomic mass is 10.2. The second-order valence-corrected chi connectivity index (χ2v) is 7.17. The summed E-state index contributed by atoms with van der Waals surface area (Å²) >= 11 is 0. The molecule has 0 aliphatic rings. The maximum Gasteiger partial charge on any atom is 0.240 e. The molecule has 0 heterocycles. The Kier molecular flexibility index (Phi) is 6.57. The number of hydrogen-bond acceptors (Lipinski definition) is 4. The molecule has 0 spiro atoms. The Balaban J connectivity index is 2.47. The van der Waals surface area contributed by atoms with Crippen LogP contribution in [0.5, 0.6) is 0 Å². The Hall–Kier alpha value is -1.18. The zero-order valence-electron chi connectivity index (χ0n) is 12.8. The van der Waals surface area contributed by atoms with Crippen LogP contribution in [-0.2, 0) is 10.0 Å². The van der Waals surface area contributed by atoms with Gasteiger partial charge in [0.15, 0.2) is 0 Å². The second-order valence-electron chi connectivity index (χ2n) is 5.40. The second kappa shape index (κ2) is 7.72. The van der Waals surface area contributed by atoms with E-state index in [1.165, 1.54) is 6.07 Å². The average Bonchev–Trinajstić information content (AvgIpc) is 2.36. The fourth-order valence-electron chi connectivity index (χ4n) is 1.77. The third kappa shape index (κ3) is 5.99. The van der Waals surface area contributed by atoms with Gasteiger partial charge in [-0.05, 0) is 58.5 Å². The van der Waals surface area contributed by atoms with Crippen LogP contribution in [0.15, 0.2) is 23.1 Å². The van der Waals surface area contributed by atoms with Gasteiger partial charge in [0.1, 0.15) is 5.82 Å². The molecule has 0 amide bonds. The third-order valence-corrected chi connectivity index (χ3v) is 4.76. The molecule has 3 N–H and O–H groups in total. The van der Waals surface area contributed by atoms with Crippen LogP contribution >= 0.6 is 0 Å². The summed E-state index contributed by atoms with van der Waals surface area (Å²) in [6.45, 7) is 5.45. The molecule has 120 valence electrons. The van der Waals surface area contributed by atoms with Crippen LogP contribution in [0.4, 0.5) is 10.1 Å². The van der Waals surface area contributed by atoms with Gasteiger partial charge in [-0.15, -0.1) is 0 Å². The van der Waals surface area contributed by atoms with Crippen LogP contribution in [0.3, 0.4) is 0 Å². The third-order valence-electron chi connectivity index (χ3n) is 3.32. The van der Waals surface area contributed by atoms with E-state index in [1.54, 1.807) is 0 Å². The largest absolute Gasteiger partial charge is 0.399 e. The SMILES string of the molecule is CC(C)N(C)CCCCNS(=O)(=O)c1cc(N)cc(F)c1. The Morgan fingerprint density at radius 3 is 2.52 bits per heavy atom. The first-order valence-corrected chi connectivity index (χ1v) is 8.46. The van der Waals surface area contributed by atoms with Crippen molar-refractivity contribution in [3.63, 3.8) is 0 Å². The van der Waals surface area contributed by atoms with E-state index in [0.717, 1.165) is 31.5 Å². The molecule has 0 atom stereocenters. The summed E-state index contributed by atoms with van der Waals surface area (Å²) in [4.78, 5) is 2.06. The molecule has 0 aliphatic carbocycles. The smallest absolute Gasteiger partial charge is 0.240 e. The van der Waals surface area contributed by atoms with Crippen molar-refractivity contribution in [3.05, 3.63) is 24.0 Å². The number of nitrogen functional groups attached to an aromatic ring is 1. The number of hydrogen-bond donors (Lipinski definition) is 2. The summed E-state index contributed by atoms with van der Waals surface area (Å²) in [6.07, 6.45) is 1.61. The lowest BCUT2D eigenvalue weighted by Gasteiger charge is -2.20. The molecule has 5 nitrogen and oxygen atoms in total. The summed E-state index contributed by atoms with van der Waals surface area (Å²) < 4.78 is 39.6. The maximum atomic E-state index is 13.2. The molecule has 0 unspecified atom stereocenters. The number of nitrogens with zero attached hydrogens (tertiary/aromatic N) is 1. The van der Waals surface area contributed by atoms with Crippen LogP contribution in [-0.4, -0.2) is 39.5 Å². The topological polar surface area (TPSA) is 75.4 Å². The minimum atomic E-state index is -3.71. The van der Waals surface area contributed by atoms with Crippen LogP contribution in [0.1, 0.15) is 26.7 Å². The fraction of sp³-hybridized carbons (Fsp3) is 0.571. The quantitative estimate of drug-likeness (QED) is 0.566. The predicted molar refractivity (Wildman–Crippen MR) is 83.0 cm³/mol. The van der Waals surface area contributed by atoms with E-state index in [9.17, 15) is 12.8 Å². The fourth-order valence-corrected chi connectivity index (χ4v) is 2.91. The van der Waals surface area contributed by atoms with Gasteiger partial charge in [0.05, 0.1) is 4.90 Å². The summed E-state index contributed by atoms with van der Waals surface area (Å²) in [5.41, 5.74) is 5.55. The molecule has 0 fully saturated rings. The zero-order chi connectivity index (χ0) is 16.0. The molecule has 0 saturated heterocycles. The predicted octanol–water partition coefficient (Wildman–Crippen LogP) is 1.81. The molecule has 0 aromatic heterocycles. The molecular formula is C14H24FN3O2S. The van der Waals surface area contributed by atoms with Gasteiger partial charge in [0, 0.05) is 18.3 Å². The molecule has 0 radical (unpaired) electrons.